The van der Waals surface area contributed by atoms with E-state index in [-0.39, 0.29) is 17.8 Å². The predicted molar refractivity (Wildman–Crippen MR) is 97.2 cm³/mol. The Labute approximate surface area is 156 Å². The summed E-state index contributed by atoms with van der Waals surface area (Å²) < 4.78 is 10.2. The van der Waals surface area contributed by atoms with Gasteiger partial charge in [0.1, 0.15) is 5.76 Å². The quantitative estimate of drug-likeness (QED) is 0.471. The lowest BCUT2D eigenvalue weighted by molar-refractivity contribution is -0.386. The van der Waals surface area contributed by atoms with Gasteiger partial charge in [-0.05, 0) is 30.5 Å². The Bertz CT molecular complexity index is 836. The van der Waals surface area contributed by atoms with Gasteiger partial charge in [-0.15, -0.1) is 0 Å². The lowest BCUT2D eigenvalue weighted by atomic mass is 9.85. The molecule has 1 unspecified atom stereocenters. The zero-order chi connectivity index (χ0) is 20.2. The maximum absolute atomic E-state index is 12.3. The summed E-state index contributed by atoms with van der Waals surface area (Å²) in [4.78, 5) is 35.1. The van der Waals surface area contributed by atoms with Crippen LogP contribution in [-0.4, -0.2) is 22.9 Å². The molecular formula is C19H22N2O6. The van der Waals surface area contributed by atoms with Gasteiger partial charge in [-0.3, -0.25) is 14.9 Å². The highest BCUT2D eigenvalue weighted by atomic mass is 16.6. The lowest BCUT2D eigenvalue weighted by Crippen LogP contribution is -2.35. The first-order valence-electron chi connectivity index (χ1n) is 8.39. The molecule has 0 bridgehead atoms. The number of hydrogen-bond acceptors (Lipinski definition) is 6. The first kappa shape index (κ1) is 20.2. The third kappa shape index (κ3) is 5.16. The minimum atomic E-state index is -1.06. The van der Waals surface area contributed by atoms with Crippen LogP contribution in [0.3, 0.4) is 0 Å². The van der Waals surface area contributed by atoms with E-state index in [0.29, 0.717) is 11.3 Å². The monoisotopic (exact) mass is 374 g/mol. The van der Waals surface area contributed by atoms with Crippen molar-refractivity contribution in [3.8, 4) is 0 Å². The molecule has 0 saturated carbocycles. The van der Waals surface area contributed by atoms with E-state index in [9.17, 15) is 19.7 Å². The van der Waals surface area contributed by atoms with Gasteiger partial charge in [0.2, 0.25) is 0 Å². The van der Waals surface area contributed by atoms with Crippen LogP contribution in [0, 0.1) is 10.1 Å². The first-order valence-corrected chi connectivity index (χ1v) is 8.39. The minimum Gasteiger partial charge on any atom is -0.467 e. The maximum Gasteiger partial charge on any atom is 0.339 e. The highest BCUT2D eigenvalue weighted by Gasteiger charge is 2.27. The summed E-state index contributed by atoms with van der Waals surface area (Å²) in [6.07, 6.45) is 0.424. The normalized spacial score (nSPS) is 12.3. The number of ether oxygens (including phenoxy) is 1. The van der Waals surface area contributed by atoms with Crippen molar-refractivity contribution in [1.29, 1.82) is 0 Å². The molecule has 0 aliphatic rings. The second kappa shape index (κ2) is 8.03. The summed E-state index contributed by atoms with van der Waals surface area (Å²) >= 11 is 0. The molecule has 27 heavy (non-hydrogen) atoms. The number of hydrogen-bond donors (Lipinski definition) is 1. The van der Waals surface area contributed by atoms with Crippen LogP contribution in [0.25, 0.3) is 0 Å². The van der Waals surface area contributed by atoms with Crippen LogP contribution in [0.4, 0.5) is 5.69 Å². The summed E-state index contributed by atoms with van der Waals surface area (Å²) in [6.45, 7) is 7.13. The van der Waals surface area contributed by atoms with Crippen molar-refractivity contribution in [3.63, 3.8) is 0 Å². The average molecular weight is 374 g/mol. The molecular weight excluding hydrogens is 352 g/mol. The fourth-order valence-electron chi connectivity index (χ4n) is 2.46. The fourth-order valence-corrected chi connectivity index (χ4v) is 2.46. The average Bonchev–Trinajstić information content (AvgIpc) is 3.11. The molecule has 0 saturated heterocycles. The Morgan fingerprint density at radius 3 is 2.56 bits per heavy atom. The molecule has 1 heterocycles. The predicted octanol–water partition coefficient (Wildman–Crippen LogP) is 3.35. The Morgan fingerprint density at radius 1 is 1.30 bits per heavy atom. The molecule has 1 aromatic heterocycles. The molecule has 0 aliphatic carbocycles. The number of nitrogens with one attached hydrogen (secondary N) is 1. The summed E-state index contributed by atoms with van der Waals surface area (Å²) in [7, 11) is 0. The van der Waals surface area contributed by atoms with Crippen molar-refractivity contribution in [1.82, 2.24) is 5.32 Å². The van der Waals surface area contributed by atoms with Gasteiger partial charge in [0.25, 0.3) is 11.6 Å². The minimum absolute atomic E-state index is 0.0142. The van der Waals surface area contributed by atoms with Gasteiger partial charge in [-0.1, -0.05) is 26.8 Å². The molecule has 8 heteroatoms. The van der Waals surface area contributed by atoms with Gasteiger partial charge >= 0.3 is 5.97 Å². The number of esters is 1. The van der Waals surface area contributed by atoms with Gasteiger partial charge in [0, 0.05) is 11.6 Å². The Morgan fingerprint density at radius 2 is 2.00 bits per heavy atom. The van der Waals surface area contributed by atoms with E-state index in [4.69, 9.17) is 9.15 Å². The molecule has 0 aliphatic heterocycles. The highest BCUT2D eigenvalue weighted by Crippen LogP contribution is 2.32. The topological polar surface area (TPSA) is 112 Å². The van der Waals surface area contributed by atoms with E-state index in [1.165, 1.54) is 31.4 Å². The third-order valence-electron chi connectivity index (χ3n) is 3.91. The van der Waals surface area contributed by atoms with Gasteiger partial charge in [-0.2, -0.15) is 0 Å². The second-order valence-electron chi connectivity index (χ2n) is 7.08. The van der Waals surface area contributed by atoms with E-state index in [1.807, 2.05) is 20.8 Å². The van der Waals surface area contributed by atoms with Crippen molar-refractivity contribution in [2.75, 3.05) is 0 Å². The van der Waals surface area contributed by atoms with Crippen LogP contribution in [0.5, 0.6) is 0 Å². The number of furan rings is 1. The lowest BCUT2D eigenvalue weighted by Gasteiger charge is -2.19. The molecule has 8 nitrogen and oxygen atoms in total. The Kier molecular flexibility index (Phi) is 5.99. The SMILES string of the molecule is CC(OC(=O)c1ccc(C(C)(C)C)c([N+](=O)[O-])c1)C(=O)NCc1ccco1. The van der Waals surface area contributed by atoms with Gasteiger partial charge in [0.15, 0.2) is 6.10 Å². The Hall–Kier alpha value is -3.16. The second-order valence-corrected chi connectivity index (χ2v) is 7.08. The number of benzene rings is 1. The van der Waals surface area contributed by atoms with Crippen molar-refractivity contribution < 1.29 is 23.7 Å². The number of carbonyl (C=O) groups excluding carboxylic acids is 2. The van der Waals surface area contributed by atoms with E-state index in [0.717, 1.165) is 0 Å². The van der Waals surface area contributed by atoms with E-state index in [2.05, 4.69) is 5.32 Å². The molecule has 0 radical (unpaired) electrons. The number of nitrogens with zero attached hydrogens (tertiary/aromatic N) is 1. The zero-order valence-electron chi connectivity index (χ0n) is 15.6. The van der Waals surface area contributed by atoms with Gasteiger partial charge in [0.05, 0.1) is 23.3 Å². The van der Waals surface area contributed by atoms with Gasteiger partial charge < -0.3 is 14.5 Å². The number of nitro benzene ring substituents is 1. The van der Waals surface area contributed by atoms with Crippen LogP contribution < -0.4 is 5.32 Å². The molecule has 0 spiro atoms. The molecule has 1 atom stereocenters. The third-order valence-corrected chi connectivity index (χ3v) is 3.91. The van der Waals surface area contributed by atoms with Crippen LogP contribution >= 0.6 is 0 Å². The number of rotatable bonds is 6. The summed E-state index contributed by atoms with van der Waals surface area (Å²) in [5.41, 5.74) is -0.0929. The number of carbonyl (C=O) groups is 2. The van der Waals surface area contributed by atoms with Crippen LogP contribution in [0.15, 0.2) is 41.0 Å². The molecule has 0 fully saturated rings. The van der Waals surface area contributed by atoms with Gasteiger partial charge in [-0.25, -0.2) is 4.79 Å². The maximum atomic E-state index is 12.3. The van der Waals surface area contributed by atoms with Crippen LogP contribution in [0.1, 0.15) is 49.4 Å². The number of amides is 1. The van der Waals surface area contributed by atoms with E-state index >= 15 is 0 Å². The molecule has 1 aromatic carbocycles. The van der Waals surface area contributed by atoms with E-state index < -0.39 is 28.3 Å². The largest absolute Gasteiger partial charge is 0.467 e. The molecule has 1 amide bonds. The molecule has 144 valence electrons. The molecule has 2 rings (SSSR count). The molecule has 1 N–H and O–H groups in total. The van der Waals surface area contributed by atoms with Crippen molar-refractivity contribution in [2.45, 2.75) is 45.8 Å². The standard InChI is InChI=1S/C19H22N2O6/c1-12(17(22)20-11-14-6-5-9-26-14)27-18(23)13-7-8-15(19(2,3)4)16(10-13)21(24)25/h5-10,12H,11H2,1-4H3,(H,20,22). The van der Waals surface area contributed by atoms with Crippen LogP contribution in [0.2, 0.25) is 0 Å². The summed E-state index contributed by atoms with van der Waals surface area (Å²) in [5, 5.41) is 13.9. The zero-order valence-corrected chi connectivity index (χ0v) is 15.6. The Balaban J connectivity index is 2.07. The highest BCUT2D eigenvalue weighted by molar-refractivity contribution is 5.93. The fraction of sp³-hybridized carbons (Fsp3) is 0.368. The van der Waals surface area contributed by atoms with E-state index in [1.54, 1.807) is 12.1 Å². The smallest absolute Gasteiger partial charge is 0.339 e. The summed E-state index contributed by atoms with van der Waals surface area (Å²) in [5.74, 6) is -0.741. The van der Waals surface area contributed by atoms with Crippen molar-refractivity contribution in [2.24, 2.45) is 0 Å². The van der Waals surface area contributed by atoms with Crippen molar-refractivity contribution >= 4 is 17.6 Å². The summed E-state index contributed by atoms with van der Waals surface area (Å²) in [6, 6.07) is 7.57. The van der Waals surface area contributed by atoms with Crippen molar-refractivity contribution in [3.05, 3.63) is 63.6 Å². The number of nitro groups is 1. The van der Waals surface area contributed by atoms with Crippen LogP contribution in [-0.2, 0) is 21.5 Å². The molecule has 2 aromatic rings. The first-order chi connectivity index (χ1) is 12.6.